The topological polar surface area (TPSA) is 118 Å². The standard InChI is InChI=1S/C16H27N3O4S2/c1-13-11-14(7-8-15(13)25(22,23)18-2)24(20,21)19-12-16(17)9-5-3-4-6-10-16/h7-8,11,18-19H,3-6,9-10,12,17H2,1-2H3. The summed E-state index contributed by atoms with van der Waals surface area (Å²) in [6, 6.07) is 3.97. The van der Waals surface area contributed by atoms with Crippen molar-refractivity contribution in [3.8, 4) is 0 Å². The van der Waals surface area contributed by atoms with Crippen LogP contribution in [-0.4, -0.2) is 36.0 Å². The minimum absolute atomic E-state index is 0.0391. The summed E-state index contributed by atoms with van der Waals surface area (Å²) >= 11 is 0. The van der Waals surface area contributed by atoms with Crippen LogP contribution in [0, 0.1) is 6.92 Å². The molecule has 1 fully saturated rings. The first kappa shape index (κ1) is 20.3. The Morgan fingerprint density at radius 2 is 1.64 bits per heavy atom. The Morgan fingerprint density at radius 3 is 2.16 bits per heavy atom. The van der Waals surface area contributed by atoms with Crippen molar-refractivity contribution in [1.29, 1.82) is 0 Å². The summed E-state index contributed by atoms with van der Waals surface area (Å²) in [4.78, 5) is 0.102. The third-order valence-corrected chi connectivity index (χ3v) is 7.70. The zero-order valence-electron chi connectivity index (χ0n) is 14.7. The molecule has 0 radical (unpaired) electrons. The molecule has 0 saturated heterocycles. The molecule has 0 bridgehead atoms. The molecule has 1 aliphatic carbocycles. The van der Waals surface area contributed by atoms with Crippen LogP contribution in [-0.2, 0) is 20.0 Å². The molecular weight excluding hydrogens is 362 g/mol. The molecule has 1 aliphatic rings. The van der Waals surface area contributed by atoms with Crippen molar-refractivity contribution < 1.29 is 16.8 Å². The van der Waals surface area contributed by atoms with E-state index in [9.17, 15) is 16.8 Å². The number of hydrogen-bond acceptors (Lipinski definition) is 5. The largest absolute Gasteiger partial charge is 0.324 e. The summed E-state index contributed by atoms with van der Waals surface area (Å²) in [5, 5.41) is 0. The molecule has 0 heterocycles. The number of nitrogens with two attached hydrogens (primary N) is 1. The number of hydrogen-bond donors (Lipinski definition) is 3. The first-order valence-electron chi connectivity index (χ1n) is 8.42. The van der Waals surface area contributed by atoms with Gasteiger partial charge >= 0.3 is 0 Å². The molecule has 0 unspecified atom stereocenters. The average molecular weight is 390 g/mol. The first-order chi connectivity index (χ1) is 11.6. The van der Waals surface area contributed by atoms with Gasteiger partial charge in [-0.15, -0.1) is 0 Å². The van der Waals surface area contributed by atoms with E-state index in [1.54, 1.807) is 6.92 Å². The minimum atomic E-state index is -3.75. The molecule has 0 aromatic heterocycles. The van der Waals surface area contributed by atoms with Gasteiger partial charge < -0.3 is 5.73 Å². The Hall–Kier alpha value is -1.00. The highest BCUT2D eigenvalue weighted by molar-refractivity contribution is 7.90. The number of aryl methyl sites for hydroxylation is 1. The Balaban J connectivity index is 2.18. The van der Waals surface area contributed by atoms with Gasteiger partial charge in [-0.1, -0.05) is 25.7 Å². The summed E-state index contributed by atoms with van der Waals surface area (Å²) in [5.41, 5.74) is 6.21. The maximum absolute atomic E-state index is 12.6. The number of nitrogens with one attached hydrogen (secondary N) is 2. The molecule has 2 rings (SSSR count). The molecule has 4 N–H and O–H groups in total. The van der Waals surface area contributed by atoms with Crippen LogP contribution in [0.1, 0.15) is 44.1 Å². The zero-order chi connectivity index (χ0) is 18.7. The number of benzene rings is 1. The van der Waals surface area contributed by atoms with Crippen molar-refractivity contribution in [3.63, 3.8) is 0 Å². The molecule has 25 heavy (non-hydrogen) atoms. The van der Waals surface area contributed by atoms with Crippen molar-refractivity contribution in [2.75, 3.05) is 13.6 Å². The fourth-order valence-electron chi connectivity index (χ4n) is 3.13. The van der Waals surface area contributed by atoms with Crippen molar-refractivity contribution in [2.45, 2.75) is 60.8 Å². The molecule has 1 aromatic rings. The lowest BCUT2D eigenvalue weighted by Gasteiger charge is -2.28. The van der Waals surface area contributed by atoms with E-state index in [0.29, 0.717) is 5.56 Å². The van der Waals surface area contributed by atoms with Gasteiger partial charge in [-0.2, -0.15) is 0 Å². The fourth-order valence-corrected chi connectivity index (χ4v) is 5.31. The van der Waals surface area contributed by atoms with Gasteiger partial charge in [0.25, 0.3) is 0 Å². The van der Waals surface area contributed by atoms with Gasteiger partial charge in [0.05, 0.1) is 9.79 Å². The van der Waals surface area contributed by atoms with Gasteiger partial charge in [-0.25, -0.2) is 26.3 Å². The molecule has 7 nitrogen and oxygen atoms in total. The smallest absolute Gasteiger partial charge is 0.240 e. The van der Waals surface area contributed by atoms with Gasteiger partial charge in [0, 0.05) is 12.1 Å². The van der Waals surface area contributed by atoms with Gasteiger partial charge in [0.2, 0.25) is 20.0 Å². The molecule has 0 atom stereocenters. The second-order valence-corrected chi connectivity index (χ2v) is 10.4. The highest BCUT2D eigenvalue weighted by Crippen LogP contribution is 2.25. The maximum atomic E-state index is 12.6. The van der Waals surface area contributed by atoms with Crippen molar-refractivity contribution >= 4 is 20.0 Å². The Bertz CT molecular complexity index is 812. The summed E-state index contributed by atoms with van der Waals surface area (Å²) in [6.07, 6.45) is 5.88. The number of sulfonamides is 2. The molecular formula is C16H27N3O4S2. The lowest BCUT2D eigenvalue weighted by molar-refractivity contribution is 0.369. The van der Waals surface area contributed by atoms with Crippen LogP contribution in [0.3, 0.4) is 0 Å². The Labute approximate surface area is 150 Å². The van der Waals surface area contributed by atoms with Crippen LogP contribution in [0.25, 0.3) is 0 Å². The summed E-state index contributed by atoms with van der Waals surface area (Å²) in [5.74, 6) is 0. The molecule has 0 spiro atoms. The molecule has 9 heteroatoms. The van der Waals surface area contributed by atoms with E-state index in [1.165, 1.54) is 25.2 Å². The third-order valence-electron chi connectivity index (χ3n) is 4.73. The van der Waals surface area contributed by atoms with Crippen molar-refractivity contribution in [2.24, 2.45) is 5.73 Å². The van der Waals surface area contributed by atoms with Gasteiger partial charge in [-0.3, -0.25) is 0 Å². The van der Waals surface area contributed by atoms with Crippen LogP contribution in [0.5, 0.6) is 0 Å². The predicted octanol–water partition coefficient (Wildman–Crippen LogP) is 1.23. The van der Waals surface area contributed by atoms with E-state index < -0.39 is 25.6 Å². The lowest BCUT2D eigenvalue weighted by atomic mass is 9.92. The fraction of sp³-hybridized carbons (Fsp3) is 0.625. The van der Waals surface area contributed by atoms with Crippen LogP contribution < -0.4 is 15.2 Å². The van der Waals surface area contributed by atoms with Crippen molar-refractivity contribution in [1.82, 2.24) is 9.44 Å². The van der Waals surface area contributed by atoms with Gasteiger partial charge in [0.15, 0.2) is 0 Å². The van der Waals surface area contributed by atoms with E-state index in [1.807, 2.05) is 0 Å². The third kappa shape index (κ3) is 5.01. The SMILES string of the molecule is CNS(=O)(=O)c1ccc(S(=O)(=O)NCC2(N)CCCCCC2)cc1C. The zero-order valence-corrected chi connectivity index (χ0v) is 16.3. The van der Waals surface area contributed by atoms with Crippen LogP contribution in [0.2, 0.25) is 0 Å². The minimum Gasteiger partial charge on any atom is -0.324 e. The average Bonchev–Trinajstić information content (AvgIpc) is 2.78. The normalized spacial score (nSPS) is 18.7. The quantitative estimate of drug-likeness (QED) is 0.633. The van der Waals surface area contributed by atoms with Crippen LogP contribution in [0.15, 0.2) is 28.0 Å². The molecule has 1 saturated carbocycles. The molecule has 1 aromatic carbocycles. The van der Waals surface area contributed by atoms with Crippen LogP contribution in [0.4, 0.5) is 0 Å². The van der Waals surface area contributed by atoms with Gasteiger partial charge in [-0.05, 0) is 50.6 Å². The predicted molar refractivity (Wildman–Crippen MR) is 97.2 cm³/mol. The highest BCUT2D eigenvalue weighted by Gasteiger charge is 2.28. The number of rotatable bonds is 6. The monoisotopic (exact) mass is 389 g/mol. The van der Waals surface area contributed by atoms with Gasteiger partial charge in [0.1, 0.15) is 0 Å². The molecule has 0 aliphatic heterocycles. The summed E-state index contributed by atoms with van der Waals surface area (Å²) < 4.78 is 53.7. The molecule has 0 amide bonds. The van der Waals surface area contributed by atoms with E-state index in [-0.39, 0.29) is 16.3 Å². The maximum Gasteiger partial charge on any atom is 0.240 e. The summed E-state index contributed by atoms with van der Waals surface area (Å²) in [6.45, 7) is 1.75. The van der Waals surface area contributed by atoms with E-state index in [4.69, 9.17) is 5.73 Å². The summed E-state index contributed by atoms with van der Waals surface area (Å²) in [7, 11) is -6.05. The van der Waals surface area contributed by atoms with Crippen molar-refractivity contribution in [3.05, 3.63) is 23.8 Å². The lowest BCUT2D eigenvalue weighted by Crippen LogP contribution is -2.49. The highest BCUT2D eigenvalue weighted by atomic mass is 32.2. The second-order valence-electron chi connectivity index (χ2n) is 6.74. The van der Waals surface area contributed by atoms with Crippen LogP contribution >= 0.6 is 0 Å². The van der Waals surface area contributed by atoms with E-state index in [0.717, 1.165) is 38.5 Å². The first-order valence-corrected chi connectivity index (χ1v) is 11.4. The Kier molecular flexibility index (Phi) is 6.26. The second kappa shape index (κ2) is 7.71. The van der Waals surface area contributed by atoms with E-state index >= 15 is 0 Å². The Morgan fingerprint density at radius 1 is 1.04 bits per heavy atom. The van der Waals surface area contributed by atoms with E-state index in [2.05, 4.69) is 9.44 Å². The molecule has 142 valence electrons.